The Morgan fingerprint density at radius 2 is 1.82 bits per heavy atom. The van der Waals surface area contributed by atoms with Crippen molar-refractivity contribution >= 4 is 40.0 Å². The minimum absolute atomic E-state index is 0.207. The second-order valence-electron chi connectivity index (χ2n) is 8.66. The second-order valence-corrected chi connectivity index (χ2v) is 9.07. The van der Waals surface area contributed by atoms with Crippen molar-refractivity contribution in [1.29, 1.82) is 0 Å². The Balaban J connectivity index is 1.43. The number of carbonyl (C=O) groups excluding carboxylic acids is 1. The highest BCUT2D eigenvalue weighted by Crippen LogP contribution is 2.28. The predicted molar refractivity (Wildman–Crippen MR) is 139 cm³/mol. The number of ether oxygens (including phenoxy) is 1. The van der Waals surface area contributed by atoms with Crippen LogP contribution >= 0.6 is 12.2 Å². The molecule has 0 fully saturated rings. The van der Waals surface area contributed by atoms with Crippen LogP contribution in [-0.4, -0.2) is 22.6 Å². The average molecular weight is 474 g/mol. The molecule has 0 aliphatic rings. The molecule has 1 aromatic heterocycles. The normalized spacial score (nSPS) is 11.0. The van der Waals surface area contributed by atoms with Gasteiger partial charge in [0.2, 0.25) is 5.89 Å². The van der Waals surface area contributed by atoms with E-state index in [2.05, 4.69) is 29.5 Å². The SMILES string of the molecule is Cc1ccc2oc(-c3ccc(C)c(NC(=S)NC(=O)c4ccc(OCC(C)C)cc4)c3)nc2c1. The number of aromatic nitrogens is 1. The lowest BCUT2D eigenvalue weighted by Crippen LogP contribution is -2.34. The van der Waals surface area contributed by atoms with E-state index in [4.69, 9.17) is 21.4 Å². The molecular weight excluding hydrogens is 446 g/mol. The highest BCUT2D eigenvalue weighted by atomic mass is 32.1. The van der Waals surface area contributed by atoms with E-state index >= 15 is 0 Å². The van der Waals surface area contributed by atoms with Gasteiger partial charge in [-0.3, -0.25) is 10.1 Å². The number of nitrogens with zero attached hydrogens (tertiary/aromatic N) is 1. The number of fused-ring (bicyclic) bond motifs is 1. The van der Waals surface area contributed by atoms with Crippen LogP contribution in [0.2, 0.25) is 0 Å². The van der Waals surface area contributed by atoms with Crippen molar-refractivity contribution in [2.75, 3.05) is 11.9 Å². The molecule has 1 amide bonds. The van der Waals surface area contributed by atoms with Crippen molar-refractivity contribution in [3.05, 3.63) is 77.4 Å². The fourth-order valence-electron chi connectivity index (χ4n) is 3.34. The summed E-state index contributed by atoms with van der Waals surface area (Å²) in [5.41, 5.74) is 5.71. The molecule has 2 N–H and O–H groups in total. The second kappa shape index (κ2) is 10.1. The number of thiocarbonyl (C=S) groups is 1. The Morgan fingerprint density at radius 3 is 2.56 bits per heavy atom. The van der Waals surface area contributed by atoms with E-state index in [0.717, 1.165) is 39.2 Å². The van der Waals surface area contributed by atoms with Gasteiger partial charge in [0.1, 0.15) is 11.3 Å². The van der Waals surface area contributed by atoms with Crippen molar-refractivity contribution < 1.29 is 13.9 Å². The Kier molecular flexibility index (Phi) is 6.93. The fourth-order valence-corrected chi connectivity index (χ4v) is 3.55. The number of benzene rings is 3. The molecule has 6 nitrogen and oxygen atoms in total. The van der Waals surface area contributed by atoms with E-state index in [9.17, 15) is 4.79 Å². The first-order valence-electron chi connectivity index (χ1n) is 11.1. The van der Waals surface area contributed by atoms with Crippen molar-refractivity contribution in [2.45, 2.75) is 27.7 Å². The molecule has 0 bridgehead atoms. The summed E-state index contributed by atoms with van der Waals surface area (Å²) in [7, 11) is 0. The van der Waals surface area contributed by atoms with Gasteiger partial charge in [0.05, 0.1) is 6.61 Å². The van der Waals surface area contributed by atoms with Crippen LogP contribution in [-0.2, 0) is 0 Å². The fraction of sp³-hybridized carbons (Fsp3) is 0.222. The van der Waals surface area contributed by atoms with Crippen LogP contribution in [0.15, 0.2) is 65.1 Å². The molecule has 0 aliphatic heterocycles. The molecule has 3 aromatic carbocycles. The number of hydrogen-bond acceptors (Lipinski definition) is 5. The molecular formula is C27H27N3O3S. The molecule has 174 valence electrons. The van der Waals surface area contributed by atoms with Gasteiger partial charge < -0.3 is 14.5 Å². The summed E-state index contributed by atoms with van der Waals surface area (Å²) in [5.74, 6) is 1.39. The maximum Gasteiger partial charge on any atom is 0.257 e. The molecule has 0 saturated carbocycles. The van der Waals surface area contributed by atoms with Crippen LogP contribution in [0.3, 0.4) is 0 Å². The minimum Gasteiger partial charge on any atom is -0.493 e. The van der Waals surface area contributed by atoms with Gasteiger partial charge in [0.25, 0.3) is 5.91 Å². The van der Waals surface area contributed by atoms with Gasteiger partial charge in [0.15, 0.2) is 10.7 Å². The zero-order chi connectivity index (χ0) is 24.2. The number of oxazole rings is 1. The third kappa shape index (κ3) is 5.61. The Labute approximate surface area is 204 Å². The molecule has 34 heavy (non-hydrogen) atoms. The third-order valence-corrected chi connectivity index (χ3v) is 5.41. The topological polar surface area (TPSA) is 76.4 Å². The molecule has 4 aromatic rings. The molecule has 0 spiro atoms. The average Bonchev–Trinajstić information content (AvgIpc) is 3.22. The van der Waals surface area contributed by atoms with Crippen molar-refractivity contribution in [3.63, 3.8) is 0 Å². The van der Waals surface area contributed by atoms with Crippen molar-refractivity contribution in [2.24, 2.45) is 5.92 Å². The molecule has 0 aliphatic carbocycles. The lowest BCUT2D eigenvalue weighted by Gasteiger charge is -2.13. The zero-order valence-electron chi connectivity index (χ0n) is 19.6. The summed E-state index contributed by atoms with van der Waals surface area (Å²) >= 11 is 5.39. The standard InChI is InChI=1S/C27H27N3O3S/c1-16(2)15-32-21-10-8-19(9-11-21)25(31)30-27(34)29-22-14-20(7-6-18(22)4)26-28-23-13-17(3)5-12-24(23)33-26/h5-14,16H,15H2,1-4H3,(H2,29,30,31,34). The lowest BCUT2D eigenvalue weighted by molar-refractivity contribution is 0.0977. The van der Waals surface area contributed by atoms with Crippen molar-refractivity contribution in [3.8, 4) is 17.2 Å². The van der Waals surface area contributed by atoms with Crippen LogP contribution < -0.4 is 15.4 Å². The van der Waals surface area contributed by atoms with E-state index < -0.39 is 0 Å². The highest BCUT2D eigenvalue weighted by molar-refractivity contribution is 7.80. The quantitative estimate of drug-likeness (QED) is 0.321. The first kappa shape index (κ1) is 23.4. The smallest absolute Gasteiger partial charge is 0.257 e. The van der Waals surface area contributed by atoms with Gasteiger partial charge in [0, 0.05) is 16.8 Å². The number of carbonyl (C=O) groups is 1. The summed E-state index contributed by atoms with van der Waals surface area (Å²) in [5, 5.41) is 6.05. The number of rotatable bonds is 6. The van der Waals surface area contributed by atoms with Gasteiger partial charge in [-0.2, -0.15) is 0 Å². The van der Waals surface area contributed by atoms with Gasteiger partial charge in [-0.05, 0) is 91.6 Å². The first-order chi connectivity index (χ1) is 16.3. The summed E-state index contributed by atoms with van der Waals surface area (Å²) in [4.78, 5) is 17.2. The summed E-state index contributed by atoms with van der Waals surface area (Å²) in [6.45, 7) is 8.78. The van der Waals surface area contributed by atoms with Gasteiger partial charge in [-0.1, -0.05) is 26.0 Å². The van der Waals surface area contributed by atoms with E-state index in [1.807, 2.05) is 50.2 Å². The van der Waals surface area contributed by atoms with Crippen LogP contribution in [0.5, 0.6) is 5.75 Å². The number of amides is 1. The summed E-state index contributed by atoms with van der Waals surface area (Å²) in [6.07, 6.45) is 0. The first-order valence-corrected chi connectivity index (χ1v) is 11.5. The Hall–Kier alpha value is -3.71. The van der Waals surface area contributed by atoms with Crippen molar-refractivity contribution in [1.82, 2.24) is 10.3 Å². The van der Waals surface area contributed by atoms with E-state index in [1.165, 1.54) is 0 Å². The maximum absolute atomic E-state index is 12.6. The number of nitrogens with one attached hydrogen (secondary N) is 2. The Morgan fingerprint density at radius 1 is 1.06 bits per heavy atom. The van der Waals surface area contributed by atoms with Gasteiger partial charge in [-0.15, -0.1) is 0 Å². The van der Waals surface area contributed by atoms with Crippen LogP contribution in [0, 0.1) is 19.8 Å². The monoisotopic (exact) mass is 473 g/mol. The lowest BCUT2D eigenvalue weighted by atomic mass is 10.1. The number of hydrogen-bond donors (Lipinski definition) is 2. The van der Waals surface area contributed by atoms with Crippen LogP contribution in [0.4, 0.5) is 5.69 Å². The highest BCUT2D eigenvalue weighted by Gasteiger charge is 2.13. The van der Waals surface area contributed by atoms with E-state index in [-0.39, 0.29) is 11.0 Å². The summed E-state index contributed by atoms with van der Waals surface area (Å²) < 4.78 is 11.6. The zero-order valence-corrected chi connectivity index (χ0v) is 20.5. The predicted octanol–water partition coefficient (Wildman–Crippen LogP) is 6.27. The molecule has 1 heterocycles. The van der Waals surface area contributed by atoms with E-state index in [1.54, 1.807) is 24.3 Å². The number of anilines is 1. The van der Waals surface area contributed by atoms with Gasteiger partial charge >= 0.3 is 0 Å². The Bertz CT molecular complexity index is 1340. The van der Waals surface area contributed by atoms with Gasteiger partial charge in [-0.25, -0.2) is 4.98 Å². The molecule has 0 saturated heterocycles. The molecule has 0 unspecified atom stereocenters. The number of aryl methyl sites for hydroxylation is 2. The maximum atomic E-state index is 12.6. The minimum atomic E-state index is -0.295. The molecule has 0 radical (unpaired) electrons. The molecule has 7 heteroatoms. The molecule has 0 atom stereocenters. The summed E-state index contributed by atoms with van der Waals surface area (Å²) in [6, 6.07) is 18.7. The largest absolute Gasteiger partial charge is 0.493 e. The van der Waals surface area contributed by atoms with Crippen LogP contribution in [0.25, 0.3) is 22.6 Å². The molecule has 4 rings (SSSR count). The van der Waals surface area contributed by atoms with E-state index in [0.29, 0.717) is 24.0 Å². The van der Waals surface area contributed by atoms with Crippen LogP contribution in [0.1, 0.15) is 35.3 Å². The third-order valence-electron chi connectivity index (χ3n) is 5.20.